The van der Waals surface area contributed by atoms with Gasteiger partial charge in [-0.1, -0.05) is 15.9 Å². The minimum Gasteiger partial charge on any atom is -0.468 e. The van der Waals surface area contributed by atoms with Gasteiger partial charge in [-0.3, -0.25) is 4.79 Å². The number of esters is 2. The number of halogens is 2. The van der Waals surface area contributed by atoms with Crippen LogP contribution in [0.3, 0.4) is 0 Å². The summed E-state index contributed by atoms with van der Waals surface area (Å²) >= 11 is 4.18. The smallest absolute Gasteiger partial charge is 0.342 e. The molecule has 0 saturated carbocycles. The second-order valence-corrected chi connectivity index (χ2v) is 7.06. The van der Waals surface area contributed by atoms with Crippen molar-refractivity contribution in [3.05, 3.63) is 28.0 Å². The van der Waals surface area contributed by atoms with Crippen LogP contribution in [-0.4, -0.2) is 30.4 Å². The van der Waals surface area contributed by atoms with Crippen molar-refractivity contribution < 1.29 is 23.5 Å². The molecule has 0 N–H and O–H groups in total. The Balaban J connectivity index is 3.11. The quantitative estimate of drug-likeness (QED) is 0.588. The highest BCUT2D eigenvalue weighted by Crippen LogP contribution is 2.30. The van der Waals surface area contributed by atoms with E-state index in [0.717, 1.165) is 11.8 Å². The van der Waals surface area contributed by atoms with Crippen molar-refractivity contribution in [3.63, 3.8) is 0 Å². The molecule has 21 heavy (non-hydrogen) atoms. The first-order valence-electron chi connectivity index (χ1n) is 6.06. The Bertz CT molecular complexity index is 555. The van der Waals surface area contributed by atoms with Crippen molar-refractivity contribution in [2.45, 2.75) is 31.3 Å². The van der Waals surface area contributed by atoms with Gasteiger partial charge in [-0.25, -0.2) is 9.18 Å². The van der Waals surface area contributed by atoms with Gasteiger partial charge < -0.3 is 9.47 Å². The Hall–Kier alpha value is -1.08. The maximum absolute atomic E-state index is 14.1. The number of hydrogen-bond acceptors (Lipinski definition) is 5. The molecule has 0 aliphatic rings. The van der Waals surface area contributed by atoms with E-state index in [-0.39, 0.29) is 11.3 Å². The molecule has 0 fully saturated rings. The monoisotopic (exact) mass is 378 g/mol. The third-order valence-corrected chi connectivity index (χ3v) is 3.67. The maximum atomic E-state index is 14.1. The van der Waals surface area contributed by atoms with Gasteiger partial charge >= 0.3 is 11.9 Å². The molecule has 0 aromatic heterocycles. The minimum atomic E-state index is -0.764. The average Bonchev–Trinajstić information content (AvgIpc) is 2.32. The minimum absolute atomic E-state index is 0.0256. The number of rotatable bonds is 4. The predicted octanol–water partition coefficient (Wildman–Crippen LogP) is 3.81. The molecule has 0 amide bonds. The zero-order chi connectivity index (χ0) is 16.2. The second kappa shape index (κ2) is 7.26. The molecule has 1 aromatic carbocycles. The van der Waals surface area contributed by atoms with Crippen LogP contribution >= 0.6 is 27.7 Å². The van der Waals surface area contributed by atoms with Crippen LogP contribution in [0.1, 0.15) is 31.1 Å². The molecule has 116 valence electrons. The maximum Gasteiger partial charge on any atom is 0.342 e. The molecule has 0 bridgehead atoms. The third-order valence-electron chi connectivity index (χ3n) is 2.20. The van der Waals surface area contributed by atoms with Gasteiger partial charge in [0.25, 0.3) is 0 Å². The van der Waals surface area contributed by atoms with Gasteiger partial charge in [-0.15, -0.1) is 11.8 Å². The summed E-state index contributed by atoms with van der Waals surface area (Å²) in [6.07, 6.45) is 0. The summed E-state index contributed by atoms with van der Waals surface area (Å²) in [6, 6.07) is 2.75. The topological polar surface area (TPSA) is 52.6 Å². The molecule has 4 nitrogen and oxygen atoms in total. The van der Waals surface area contributed by atoms with E-state index in [1.165, 1.54) is 13.2 Å². The number of ether oxygens (including phenoxy) is 2. The van der Waals surface area contributed by atoms with Gasteiger partial charge in [0.1, 0.15) is 17.0 Å². The summed E-state index contributed by atoms with van der Waals surface area (Å²) in [7, 11) is 1.26. The van der Waals surface area contributed by atoms with Crippen LogP contribution < -0.4 is 0 Å². The van der Waals surface area contributed by atoms with Crippen LogP contribution in [0.4, 0.5) is 4.39 Å². The lowest BCUT2D eigenvalue weighted by Crippen LogP contribution is -2.25. The zero-order valence-electron chi connectivity index (χ0n) is 12.2. The molecule has 0 radical (unpaired) electrons. The van der Waals surface area contributed by atoms with E-state index in [0.29, 0.717) is 9.37 Å². The van der Waals surface area contributed by atoms with Crippen molar-refractivity contribution in [2.75, 3.05) is 12.9 Å². The fourth-order valence-electron chi connectivity index (χ4n) is 1.39. The molecule has 0 aliphatic carbocycles. The van der Waals surface area contributed by atoms with E-state index in [9.17, 15) is 14.0 Å². The van der Waals surface area contributed by atoms with Gasteiger partial charge in [0.05, 0.1) is 12.9 Å². The van der Waals surface area contributed by atoms with E-state index in [1.54, 1.807) is 26.8 Å². The second-order valence-electron chi connectivity index (χ2n) is 5.13. The standard InChI is InChI=1S/C14H16BrFO4S/c1-14(2,3)20-13(18)12-9(16)5-8(15)6-10(12)21-7-11(17)19-4/h5-6H,7H2,1-4H3. The first kappa shape index (κ1) is 18.0. The molecule has 0 spiro atoms. The Morgan fingerprint density at radius 2 is 1.95 bits per heavy atom. The van der Waals surface area contributed by atoms with Crippen LogP contribution in [0.2, 0.25) is 0 Å². The third kappa shape index (κ3) is 5.67. The summed E-state index contributed by atoms with van der Waals surface area (Å²) in [5.41, 5.74) is -0.914. The highest BCUT2D eigenvalue weighted by molar-refractivity contribution is 9.10. The predicted molar refractivity (Wildman–Crippen MR) is 82.0 cm³/mol. The van der Waals surface area contributed by atoms with Crippen molar-refractivity contribution in [3.8, 4) is 0 Å². The lowest BCUT2D eigenvalue weighted by molar-refractivity contribution is -0.137. The van der Waals surface area contributed by atoms with E-state index in [2.05, 4.69) is 20.7 Å². The number of carbonyl (C=O) groups excluding carboxylic acids is 2. The number of methoxy groups -OCH3 is 1. The average molecular weight is 379 g/mol. The molecule has 0 aliphatic heterocycles. The fourth-order valence-corrected chi connectivity index (χ4v) is 2.89. The van der Waals surface area contributed by atoms with Gasteiger partial charge in [-0.2, -0.15) is 0 Å². The van der Waals surface area contributed by atoms with E-state index >= 15 is 0 Å². The van der Waals surface area contributed by atoms with Crippen LogP contribution in [0, 0.1) is 5.82 Å². The van der Waals surface area contributed by atoms with E-state index < -0.39 is 23.4 Å². The molecule has 7 heteroatoms. The highest BCUT2D eigenvalue weighted by Gasteiger charge is 2.25. The Kier molecular flexibility index (Phi) is 6.22. The van der Waals surface area contributed by atoms with E-state index in [4.69, 9.17) is 4.74 Å². The summed E-state index contributed by atoms with van der Waals surface area (Å²) in [6.45, 7) is 5.09. The van der Waals surface area contributed by atoms with Crippen LogP contribution in [0.5, 0.6) is 0 Å². The van der Waals surface area contributed by atoms with Crippen LogP contribution in [-0.2, 0) is 14.3 Å². The molecular weight excluding hydrogens is 363 g/mol. The summed E-state index contributed by atoms with van der Waals surface area (Å²) in [5.74, 6) is -1.95. The number of thioether (sulfide) groups is 1. The first-order valence-corrected chi connectivity index (χ1v) is 7.84. The molecular formula is C14H16BrFO4S. The van der Waals surface area contributed by atoms with Gasteiger partial charge in [0.15, 0.2) is 0 Å². The van der Waals surface area contributed by atoms with Crippen molar-refractivity contribution in [1.82, 2.24) is 0 Å². The van der Waals surface area contributed by atoms with E-state index in [1.807, 2.05) is 0 Å². The van der Waals surface area contributed by atoms with Gasteiger partial charge in [-0.05, 0) is 32.9 Å². The molecule has 0 heterocycles. The summed E-state index contributed by atoms with van der Waals surface area (Å²) in [4.78, 5) is 23.6. The van der Waals surface area contributed by atoms with Crippen molar-refractivity contribution in [2.24, 2.45) is 0 Å². The Labute approximate surface area is 135 Å². The van der Waals surface area contributed by atoms with Crippen LogP contribution in [0.25, 0.3) is 0 Å². The lowest BCUT2D eigenvalue weighted by Gasteiger charge is -2.20. The number of hydrogen-bond donors (Lipinski definition) is 0. The largest absolute Gasteiger partial charge is 0.468 e. The SMILES string of the molecule is COC(=O)CSc1cc(Br)cc(F)c1C(=O)OC(C)(C)C. The lowest BCUT2D eigenvalue weighted by atomic mass is 10.1. The normalized spacial score (nSPS) is 11.1. The van der Waals surface area contributed by atoms with Gasteiger partial charge in [0, 0.05) is 9.37 Å². The Morgan fingerprint density at radius 1 is 1.33 bits per heavy atom. The molecule has 1 aromatic rings. The molecule has 0 unspecified atom stereocenters. The zero-order valence-corrected chi connectivity index (χ0v) is 14.6. The number of carbonyl (C=O) groups is 2. The number of benzene rings is 1. The molecule has 0 atom stereocenters. The fraction of sp³-hybridized carbons (Fsp3) is 0.429. The molecule has 1 rings (SSSR count). The first-order chi connectivity index (χ1) is 9.64. The van der Waals surface area contributed by atoms with Gasteiger partial charge in [0.2, 0.25) is 0 Å². The summed E-state index contributed by atoms with van der Waals surface area (Å²) in [5, 5.41) is 0. The van der Waals surface area contributed by atoms with Crippen molar-refractivity contribution in [1.29, 1.82) is 0 Å². The Morgan fingerprint density at radius 3 is 2.48 bits per heavy atom. The molecule has 0 saturated heterocycles. The van der Waals surface area contributed by atoms with Crippen molar-refractivity contribution >= 4 is 39.6 Å². The highest BCUT2D eigenvalue weighted by atomic mass is 79.9. The summed E-state index contributed by atoms with van der Waals surface area (Å²) < 4.78 is 24.3. The van der Waals surface area contributed by atoms with Crippen LogP contribution in [0.15, 0.2) is 21.5 Å².